The van der Waals surface area contributed by atoms with Crippen molar-refractivity contribution < 1.29 is 9.59 Å². The second-order valence-electron chi connectivity index (χ2n) is 6.80. The molecule has 2 aromatic rings. The minimum absolute atomic E-state index is 0.0442. The van der Waals surface area contributed by atoms with E-state index in [2.05, 4.69) is 15.6 Å². The van der Waals surface area contributed by atoms with Gasteiger partial charge in [0.25, 0.3) is 5.56 Å². The third-order valence-electron chi connectivity index (χ3n) is 4.76. The maximum Gasteiger partial charge on any atom is 0.261 e. The van der Waals surface area contributed by atoms with E-state index < -0.39 is 0 Å². The smallest absolute Gasteiger partial charge is 0.261 e. The number of aryl methyl sites for hydroxylation is 1. The van der Waals surface area contributed by atoms with Gasteiger partial charge in [-0.25, -0.2) is 4.98 Å². The molecule has 0 radical (unpaired) electrons. The molecule has 1 aromatic heterocycles. The summed E-state index contributed by atoms with van der Waals surface area (Å²) in [4.78, 5) is 40.7. The van der Waals surface area contributed by atoms with Gasteiger partial charge in [-0.15, -0.1) is 0 Å². The number of amides is 2. The molecular formula is C19H24N4O3. The van der Waals surface area contributed by atoms with Crippen molar-refractivity contribution >= 4 is 22.7 Å². The lowest BCUT2D eigenvalue weighted by molar-refractivity contribution is -0.123. The minimum atomic E-state index is -0.311. The fraction of sp³-hybridized carbons (Fsp3) is 0.474. The quantitative estimate of drug-likeness (QED) is 0.815. The van der Waals surface area contributed by atoms with Crippen LogP contribution in [0, 0.1) is 6.92 Å². The number of fused-ring (bicyclic) bond motifs is 1. The number of hydrogen-bond donors (Lipinski definition) is 2. The minimum Gasteiger partial charge on any atom is -0.354 e. The Morgan fingerprint density at radius 1 is 1.23 bits per heavy atom. The summed E-state index contributed by atoms with van der Waals surface area (Å²) < 4.78 is 1.29. The fourth-order valence-electron chi connectivity index (χ4n) is 3.35. The van der Waals surface area contributed by atoms with E-state index in [1.54, 1.807) is 12.1 Å². The van der Waals surface area contributed by atoms with Gasteiger partial charge in [-0.1, -0.05) is 25.0 Å². The van der Waals surface area contributed by atoms with Crippen LogP contribution in [0.2, 0.25) is 0 Å². The topological polar surface area (TPSA) is 93.1 Å². The Bertz CT molecular complexity index is 869. The van der Waals surface area contributed by atoms with Gasteiger partial charge >= 0.3 is 0 Å². The molecule has 0 atom stereocenters. The van der Waals surface area contributed by atoms with Crippen molar-refractivity contribution in [1.82, 2.24) is 20.2 Å². The Morgan fingerprint density at radius 3 is 2.77 bits per heavy atom. The average molecular weight is 356 g/mol. The number of rotatable bonds is 6. The SMILES string of the molecule is Cc1cccc2c(=O)n(CC(=O)NCCC(=O)NC3CCCC3)cnc12. The molecule has 2 amide bonds. The van der Waals surface area contributed by atoms with Gasteiger partial charge in [-0.3, -0.25) is 19.0 Å². The van der Waals surface area contributed by atoms with Crippen molar-refractivity contribution in [3.05, 3.63) is 40.4 Å². The summed E-state index contributed by atoms with van der Waals surface area (Å²) in [6, 6.07) is 5.68. The molecular weight excluding hydrogens is 332 g/mol. The van der Waals surface area contributed by atoms with E-state index in [0.29, 0.717) is 10.9 Å². The van der Waals surface area contributed by atoms with Crippen molar-refractivity contribution in [1.29, 1.82) is 0 Å². The fourth-order valence-corrected chi connectivity index (χ4v) is 3.35. The molecule has 7 nitrogen and oxygen atoms in total. The highest BCUT2D eigenvalue weighted by Gasteiger charge is 2.17. The largest absolute Gasteiger partial charge is 0.354 e. The van der Waals surface area contributed by atoms with Crippen LogP contribution in [0.1, 0.15) is 37.7 Å². The third-order valence-corrected chi connectivity index (χ3v) is 4.76. The van der Waals surface area contributed by atoms with Gasteiger partial charge in [-0.2, -0.15) is 0 Å². The van der Waals surface area contributed by atoms with Crippen LogP contribution in [0.3, 0.4) is 0 Å². The summed E-state index contributed by atoms with van der Waals surface area (Å²) in [7, 11) is 0. The molecule has 1 heterocycles. The molecule has 7 heteroatoms. The molecule has 0 spiro atoms. The lowest BCUT2D eigenvalue weighted by Gasteiger charge is -2.12. The lowest BCUT2D eigenvalue weighted by atomic mass is 10.1. The molecule has 0 bridgehead atoms. The third kappa shape index (κ3) is 4.28. The maximum absolute atomic E-state index is 12.5. The van der Waals surface area contributed by atoms with Crippen LogP contribution in [0.15, 0.2) is 29.3 Å². The molecule has 0 aliphatic heterocycles. The number of carbonyl (C=O) groups excluding carboxylic acids is 2. The highest BCUT2D eigenvalue weighted by Crippen LogP contribution is 2.17. The van der Waals surface area contributed by atoms with Crippen molar-refractivity contribution in [3.63, 3.8) is 0 Å². The zero-order valence-corrected chi connectivity index (χ0v) is 15.0. The van der Waals surface area contributed by atoms with E-state index in [-0.39, 0.29) is 42.9 Å². The summed E-state index contributed by atoms with van der Waals surface area (Å²) in [5.74, 6) is -0.355. The van der Waals surface area contributed by atoms with Crippen molar-refractivity contribution in [3.8, 4) is 0 Å². The van der Waals surface area contributed by atoms with E-state index in [1.807, 2.05) is 13.0 Å². The predicted molar refractivity (Wildman–Crippen MR) is 98.8 cm³/mol. The Kier molecular flexibility index (Phi) is 5.65. The molecule has 26 heavy (non-hydrogen) atoms. The van der Waals surface area contributed by atoms with Gasteiger partial charge in [0.15, 0.2) is 0 Å². The van der Waals surface area contributed by atoms with Crippen LogP contribution >= 0.6 is 0 Å². The number of hydrogen-bond acceptors (Lipinski definition) is 4. The summed E-state index contributed by atoms with van der Waals surface area (Å²) in [5, 5.41) is 6.16. The Morgan fingerprint density at radius 2 is 2.00 bits per heavy atom. The standard InChI is InChI=1S/C19H24N4O3/c1-13-5-4-8-15-18(13)21-12-23(19(15)26)11-17(25)20-10-9-16(24)22-14-6-2-3-7-14/h4-5,8,12,14H,2-3,6-7,9-11H2,1H3,(H,20,25)(H,22,24). The van der Waals surface area contributed by atoms with Crippen LogP contribution in [0.25, 0.3) is 10.9 Å². The second-order valence-corrected chi connectivity index (χ2v) is 6.80. The van der Waals surface area contributed by atoms with Crippen molar-refractivity contribution in [2.75, 3.05) is 6.54 Å². The Hall–Kier alpha value is -2.70. The van der Waals surface area contributed by atoms with E-state index in [4.69, 9.17) is 0 Å². The Labute approximate surface area is 151 Å². The van der Waals surface area contributed by atoms with Crippen LogP contribution in [0.5, 0.6) is 0 Å². The molecule has 1 aromatic carbocycles. The summed E-state index contributed by atoms with van der Waals surface area (Å²) in [5.41, 5.74) is 1.33. The van der Waals surface area contributed by atoms with Crippen molar-refractivity contribution in [2.24, 2.45) is 0 Å². The van der Waals surface area contributed by atoms with E-state index in [9.17, 15) is 14.4 Å². The van der Waals surface area contributed by atoms with E-state index in [0.717, 1.165) is 31.2 Å². The molecule has 1 fully saturated rings. The number of benzene rings is 1. The second kappa shape index (κ2) is 8.12. The molecule has 0 unspecified atom stereocenters. The zero-order valence-electron chi connectivity index (χ0n) is 15.0. The first kappa shape index (κ1) is 18.1. The summed E-state index contributed by atoms with van der Waals surface area (Å²) >= 11 is 0. The van der Waals surface area contributed by atoms with Crippen molar-refractivity contribution in [2.45, 2.75) is 51.6 Å². The highest BCUT2D eigenvalue weighted by molar-refractivity contribution is 5.81. The van der Waals surface area contributed by atoms with Crippen LogP contribution < -0.4 is 16.2 Å². The van der Waals surface area contributed by atoms with Gasteiger partial charge in [0.2, 0.25) is 11.8 Å². The number of para-hydroxylation sites is 1. The summed E-state index contributed by atoms with van der Waals surface area (Å²) in [6.07, 6.45) is 6.03. The molecule has 3 rings (SSSR count). The molecule has 138 valence electrons. The molecule has 1 aliphatic carbocycles. The molecule has 1 saturated carbocycles. The number of carbonyl (C=O) groups is 2. The first-order valence-corrected chi connectivity index (χ1v) is 9.05. The highest BCUT2D eigenvalue weighted by atomic mass is 16.2. The zero-order chi connectivity index (χ0) is 18.5. The molecule has 2 N–H and O–H groups in total. The van der Waals surface area contributed by atoms with Gasteiger partial charge < -0.3 is 10.6 Å². The number of aromatic nitrogens is 2. The lowest BCUT2D eigenvalue weighted by Crippen LogP contribution is -2.37. The predicted octanol–water partition coefficient (Wildman–Crippen LogP) is 1.27. The van der Waals surface area contributed by atoms with Gasteiger partial charge in [-0.05, 0) is 31.4 Å². The van der Waals surface area contributed by atoms with Gasteiger partial charge in [0, 0.05) is 19.0 Å². The maximum atomic E-state index is 12.5. The molecule has 1 aliphatic rings. The normalized spacial score (nSPS) is 14.5. The van der Waals surface area contributed by atoms with Crippen LogP contribution in [-0.2, 0) is 16.1 Å². The van der Waals surface area contributed by atoms with E-state index in [1.165, 1.54) is 10.9 Å². The Balaban J connectivity index is 1.52. The number of nitrogens with zero attached hydrogens (tertiary/aromatic N) is 2. The number of nitrogens with one attached hydrogen (secondary N) is 2. The van der Waals surface area contributed by atoms with E-state index >= 15 is 0 Å². The average Bonchev–Trinajstić information content (AvgIpc) is 3.11. The van der Waals surface area contributed by atoms with Crippen LogP contribution in [0.4, 0.5) is 0 Å². The van der Waals surface area contributed by atoms with Gasteiger partial charge in [0.1, 0.15) is 6.54 Å². The first-order valence-electron chi connectivity index (χ1n) is 9.05. The first-order chi connectivity index (χ1) is 12.5. The monoisotopic (exact) mass is 356 g/mol. The summed E-state index contributed by atoms with van der Waals surface area (Å²) in [6.45, 7) is 2.04. The van der Waals surface area contributed by atoms with Gasteiger partial charge in [0.05, 0.1) is 17.2 Å². The van der Waals surface area contributed by atoms with Crippen LogP contribution in [-0.4, -0.2) is 34.0 Å². The molecule has 0 saturated heterocycles.